The van der Waals surface area contributed by atoms with Crippen molar-refractivity contribution >= 4 is 11.7 Å². The van der Waals surface area contributed by atoms with Crippen molar-refractivity contribution in [3.8, 4) is 0 Å². The predicted molar refractivity (Wildman–Crippen MR) is 88.7 cm³/mol. The molecule has 0 N–H and O–H groups in total. The second kappa shape index (κ2) is 6.64. The molecule has 1 aromatic carbocycles. The molecule has 3 rings (SSSR count). The molecule has 6 heteroatoms. The summed E-state index contributed by atoms with van der Waals surface area (Å²) in [5.41, 5.74) is 0.630. The van der Waals surface area contributed by atoms with Crippen LogP contribution in [0.3, 0.4) is 0 Å². The standard InChI is InChI=1S/C17H20N4O2/c1-2-19-9-8-18-15(17(19)23)20-10-12-21(13-11-20)16(22)14-6-4-3-5-7-14/h3-9H,2,10-13H2,1H3. The molecule has 23 heavy (non-hydrogen) atoms. The number of nitrogens with zero attached hydrogens (tertiary/aromatic N) is 4. The molecule has 0 spiro atoms. The number of hydrogen-bond acceptors (Lipinski definition) is 4. The lowest BCUT2D eigenvalue weighted by molar-refractivity contribution is 0.0746. The third-order valence-corrected chi connectivity index (χ3v) is 4.12. The van der Waals surface area contributed by atoms with E-state index in [9.17, 15) is 9.59 Å². The maximum absolute atomic E-state index is 12.4. The largest absolute Gasteiger partial charge is 0.348 e. The van der Waals surface area contributed by atoms with Crippen LogP contribution in [0.1, 0.15) is 17.3 Å². The van der Waals surface area contributed by atoms with E-state index in [0.717, 1.165) is 0 Å². The molecule has 1 amide bonds. The number of aromatic nitrogens is 2. The monoisotopic (exact) mass is 312 g/mol. The van der Waals surface area contributed by atoms with Crippen molar-refractivity contribution in [1.82, 2.24) is 14.5 Å². The Morgan fingerprint density at radius 3 is 2.48 bits per heavy atom. The summed E-state index contributed by atoms with van der Waals surface area (Å²) in [7, 11) is 0. The van der Waals surface area contributed by atoms with Gasteiger partial charge in [0, 0.05) is 50.7 Å². The van der Waals surface area contributed by atoms with Crippen molar-refractivity contribution in [2.45, 2.75) is 13.5 Å². The number of aryl methyl sites for hydroxylation is 1. The topological polar surface area (TPSA) is 58.4 Å². The highest BCUT2D eigenvalue weighted by Gasteiger charge is 2.24. The van der Waals surface area contributed by atoms with Crippen LogP contribution in [0, 0.1) is 0 Å². The van der Waals surface area contributed by atoms with E-state index in [-0.39, 0.29) is 11.5 Å². The Morgan fingerprint density at radius 1 is 1.13 bits per heavy atom. The second-order valence-electron chi connectivity index (χ2n) is 5.49. The number of rotatable bonds is 3. The molecule has 6 nitrogen and oxygen atoms in total. The molecule has 0 unspecified atom stereocenters. The number of carbonyl (C=O) groups is 1. The minimum Gasteiger partial charge on any atom is -0.348 e. The molecule has 1 aliphatic heterocycles. The zero-order valence-corrected chi connectivity index (χ0v) is 13.2. The Labute approximate surface area is 135 Å². The van der Waals surface area contributed by atoms with Crippen LogP contribution >= 0.6 is 0 Å². The van der Waals surface area contributed by atoms with Crippen molar-refractivity contribution in [3.05, 3.63) is 58.6 Å². The highest BCUT2D eigenvalue weighted by molar-refractivity contribution is 5.94. The fourth-order valence-corrected chi connectivity index (χ4v) is 2.79. The molecule has 1 fully saturated rings. The molecule has 1 saturated heterocycles. The molecule has 0 aliphatic carbocycles. The number of benzene rings is 1. The van der Waals surface area contributed by atoms with E-state index >= 15 is 0 Å². The molecule has 1 aliphatic rings. The molecular formula is C17H20N4O2. The van der Waals surface area contributed by atoms with Crippen LogP contribution in [0.25, 0.3) is 0 Å². The number of carbonyl (C=O) groups excluding carboxylic acids is 1. The van der Waals surface area contributed by atoms with Crippen LogP contribution in [-0.4, -0.2) is 46.5 Å². The molecule has 0 saturated carbocycles. The predicted octanol–water partition coefficient (Wildman–Crippen LogP) is 1.23. The molecular weight excluding hydrogens is 292 g/mol. The van der Waals surface area contributed by atoms with Gasteiger partial charge in [-0.15, -0.1) is 0 Å². The van der Waals surface area contributed by atoms with E-state index in [0.29, 0.717) is 44.1 Å². The van der Waals surface area contributed by atoms with Crippen molar-refractivity contribution in [3.63, 3.8) is 0 Å². The van der Waals surface area contributed by atoms with E-state index in [4.69, 9.17) is 0 Å². The lowest BCUT2D eigenvalue weighted by atomic mass is 10.2. The van der Waals surface area contributed by atoms with E-state index < -0.39 is 0 Å². The lowest BCUT2D eigenvalue weighted by Gasteiger charge is -2.35. The van der Waals surface area contributed by atoms with Crippen LogP contribution in [0.2, 0.25) is 0 Å². The normalized spacial score (nSPS) is 14.8. The van der Waals surface area contributed by atoms with E-state index in [2.05, 4.69) is 4.98 Å². The Bertz CT molecular complexity index is 734. The number of anilines is 1. The third kappa shape index (κ3) is 3.11. The summed E-state index contributed by atoms with van der Waals surface area (Å²) < 4.78 is 1.64. The zero-order chi connectivity index (χ0) is 16.2. The highest BCUT2D eigenvalue weighted by atomic mass is 16.2. The fourth-order valence-electron chi connectivity index (χ4n) is 2.79. The summed E-state index contributed by atoms with van der Waals surface area (Å²) in [6.45, 7) is 4.98. The Balaban J connectivity index is 1.70. The summed E-state index contributed by atoms with van der Waals surface area (Å²) >= 11 is 0. The van der Waals surface area contributed by atoms with E-state index in [1.165, 1.54) is 0 Å². The molecule has 0 atom stereocenters. The van der Waals surface area contributed by atoms with Gasteiger partial charge in [0.25, 0.3) is 11.5 Å². The van der Waals surface area contributed by atoms with Gasteiger partial charge in [-0.05, 0) is 19.1 Å². The van der Waals surface area contributed by atoms with Gasteiger partial charge >= 0.3 is 0 Å². The van der Waals surface area contributed by atoms with Gasteiger partial charge in [-0.1, -0.05) is 18.2 Å². The van der Waals surface area contributed by atoms with Gasteiger partial charge in [0.15, 0.2) is 5.82 Å². The quantitative estimate of drug-likeness (QED) is 0.855. The average Bonchev–Trinajstić information content (AvgIpc) is 2.62. The number of hydrogen-bond donors (Lipinski definition) is 0. The Hall–Kier alpha value is -2.63. The fraction of sp³-hybridized carbons (Fsp3) is 0.353. The van der Waals surface area contributed by atoms with Crippen molar-refractivity contribution in [1.29, 1.82) is 0 Å². The summed E-state index contributed by atoms with van der Waals surface area (Å²) in [5.74, 6) is 0.512. The molecule has 2 heterocycles. The molecule has 0 bridgehead atoms. The second-order valence-corrected chi connectivity index (χ2v) is 5.49. The van der Waals surface area contributed by atoms with E-state index in [1.807, 2.05) is 47.1 Å². The van der Waals surface area contributed by atoms with Gasteiger partial charge < -0.3 is 14.4 Å². The lowest BCUT2D eigenvalue weighted by Crippen LogP contribution is -2.50. The zero-order valence-electron chi connectivity index (χ0n) is 13.2. The van der Waals surface area contributed by atoms with Crippen LogP contribution in [0.5, 0.6) is 0 Å². The smallest absolute Gasteiger partial charge is 0.293 e. The number of piperazine rings is 1. The summed E-state index contributed by atoms with van der Waals surface area (Å²) in [5, 5.41) is 0. The van der Waals surface area contributed by atoms with Gasteiger partial charge in [-0.2, -0.15) is 0 Å². The maximum Gasteiger partial charge on any atom is 0.293 e. The molecule has 2 aromatic rings. The van der Waals surface area contributed by atoms with Crippen molar-refractivity contribution < 1.29 is 4.79 Å². The SMILES string of the molecule is CCn1ccnc(N2CCN(C(=O)c3ccccc3)CC2)c1=O. The van der Waals surface area contributed by atoms with Gasteiger partial charge in [-0.3, -0.25) is 9.59 Å². The van der Waals surface area contributed by atoms with Crippen molar-refractivity contribution in [2.24, 2.45) is 0 Å². The average molecular weight is 312 g/mol. The number of amides is 1. The van der Waals surface area contributed by atoms with Crippen LogP contribution in [-0.2, 0) is 6.54 Å². The van der Waals surface area contributed by atoms with E-state index in [1.54, 1.807) is 17.0 Å². The first kappa shape index (κ1) is 15.3. The van der Waals surface area contributed by atoms with Crippen LogP contribution < -0.4 is 10.5 Å². The van der Waals surface area contributed by atoms with Gasteiger partial charge in [-0.25, -0.2) is 4.98 Å². The molecule has 0 radical (unpaired) electrons. The minimum atomic E-state index is -0.0714. The summed E-state index contributed by atoms with van der Waals surface area (Å²) in [6, 6.07) is 9.28. The van der Waals surface area contributed by atoms with Gasteiger partial charge in [0.05, 0.1) is 0 Å². The summed E-state index contributed by atoms with van der Waals surface area (Å²) in [4.78, 5) is 32.8. The van der Waals surface area contributed by atoms with Gasteiger partial charge in [0.1, 0.15) is 0 Å². The summed E-state index contributed by atoms with van der Waals surface area (Å²) in [6.07, 6.45) is 3.35. The Kier molecular flexibility index (Phi) is 4.41. The third-order valence-electron chi connectivity index (χ3n) is 4.12. The van der Waals surface area contributed by atoms with Gasteiger partial charge in [0.2, 0.25) is 0 Å². The first-order chi connectivity index (χ1) is 11.2. The van der Waals surface area contributed by atoms with Crippen LogP contribution in [0.15, 0.2) is 47.5 Å². The van der Waals surface area contributed by atoms with Crippen molar-refractivity contribution in [2.75, 3.05) is 31.1 Å². The molecule has 1 aromatic heterocycles. The minimum absolute atomic E-state index is 0.0391. The first-order valence-electron chi connectivity index (χ1n) is 7.85. The molecule has 120 valence electrons. The van der Waals surface area contributed by atoms with Crippen LogP contribution in [0.4, 0.5) is 5.82 Å². The highest BCUT2D eigenvalue weighted by Crippen LogP contribution is 2.12. The first-order valence-corrected chi connectivity index (χ1v) is 7.85. The Morgan fingerprint density at radius 2 is 1.83 bits per heavy atom. The maximum atomic E-state index is 12.4.